The molecular weight excluding hydrogens is 396 g/mol. The second-order valence-corrected chi connectivity index (χ2v) is 9.21. The van der Waals surface area contributed by atoms with Gasteiger partial charge in [-0.15, -0.1) is 11.3 Å². The highest BCUT2D eigenvalue weighted by molar-refractivity contribution is 7.18. The molecule has 6 nitrogen and oxygen atoms in total. The first-order valence-corrected chi connectivity index (χ1v) is 11.1. The van der Waals surface area contributed by atoms with Gasteiger partial charge in [0.05, 0.1) is 12.5 Å². The zero-order valence-corrected chi connectivity index (χ0v) is 19.0. The third kappa shape index (κ3) is 3.86. The zero-order valence-electron chi connectivity index (χ0n) is 18.2. The number of nitrogens with zero attached hydrogens (tertiary/aromatic N) is 4. The molecule has 158 valence electrons. The van der Waals surface area contributed by atoms with Crippen LogP contribution in [0.4, 0.5) is 11.5 Å². The Morgan fingerprint density at radius 3 is 2.57 bits per heavy atom. The molecule has 3 heterocycles. The maximum absolute atomic E-state index is 11.8. The van der Waals surface area contributed by atoms with Crippen molar-refractivity contribution in [1.29, 1.82) is 0 Å². The molecule has 0 unspecified atom stereocenters. The summed E-state index contributed by atoms with van der Waals surface area (Å²) in [4.78, 5) is 28.3. The molecule has 1 atom stereocenters. The second kappa shape index (κ2) is 8.22. The molecule has 1 fully saturated rings. The number of thiophene rings is 1. The summed E-state index contributed by atoms with van der Waals surface area (Å²) in [5, 5.41) is 1.11. The van der Waals surface area contributed by atoms with E-state index in [1.807, 2.05) is 0 Å². The molecule has 7 heteroatoms. The number of aromatic nitrogens is 2. The lowest BCUT2D eigenvalue weighted by Gasteiger charge is -2.42. The van der Waals surface area contributed by atoms with Crippen LogP contribution in [0.2, 0.25) is 0 Å². The van der Waals surface area contributed by atoms with Crippen LogP contribution < -0.4 is 9.80 Å². The quantitative estimate of drug-likeness (QED) is 0.589. The fraction of sp³-hybridized carbons (Fsp3) is 0.435. The van der Waals surface area contributed by atoms with E-state index in [2.05, 4.69) is 66.7 Å². The SMILES string of the molecule is COC(=O)Cc1nc(N2CCN(c3ccc(C)cc3)[C@@H](C)C2)c2c(C)c(C)sc2n1. The van der Waals surface area contributed by atoms with Gasteiger partial charge in [0.25, 0.3) is 0 Å². The van der Waals surface area contributed by atoms with Crippen LogP contribution in [0.1, 0.15) is 28.8 Å². The number of ether oxygens (including phenoxy) is 1. The van der Waals surface area contributed by atoms with Crippen molar-refractivity contribution in [2.24, 2.45) is 0 Å². The van der Waals surface area contributed by atoms with Gasteiger partial charge in [-0.05, 0) is 45.4 Å². The Balaban J connectivity index is 1.67. The molecule has 0 radical (unpaired) electrons. The number of carbonyl (C=O) groups excluding carboxylic acids is 1. The number of rotatable bonds is 4. The Labute approximate surface area is 181 Å². The fourth-order valence-corrected chi connectivity index (χ4v) is 5.09. The first kappa shape index (κ1) is 20.6. The maximum atomic E-state index is 11.8. The molecule has 1 aliphatic heterocycles. The minimum absolute atomic E-state index is 0.0916. The van der Waals surface area contributed by atoms with E-state index in [1.165, 1.54) is 28.8 Å². The standard InChI is InChI=1S/C23H28N4O2S/c1-14-6-8-18(9-7-14)27-11-10-26(13-15(27)2)22-21-16(3)17(4)30-23(21)25-19(24-22)12-20(28)29-5/h6-9,15H,10-13H2,1-5H3/t15-/m0/s1. The van der Waals surface area contributed by atoms with E-state index in [4.69, 9.17) is 9.72 Å². The van der Waals surface area contributed by atoms with Gasteiger partial charge in [0.1, 0.15) is 22.9 Å². The number of anilines is 2. The fourth-order valence-electron chi connectivity index (χ4n) is 4.05. The lowest BCUT2D eigenvalue weighted by molar-refractivity contribution is -0.139. The highest BCUT2D eigenvalue weighted by Gasteiger charge is 2.28. The number of hydrogen-bond donors (Lipinski definition) is 0. The minimum atomic E-state index is -0.317. The average Bonchev–Trinajstić information content (AvgIpc) is 3.01. The lowest BCUT2D eigenvalue weighted by Crippen LogP contribution is -2.52. The van der Waals surface area contributed by atoms with Crippen molar-refractivity contribution in [3.63, 3.8) is 0 Å². The van der Waals surface area contributed by atoms with Crippen LogP contribution in [-0.4, -0.2) is 48.7 Å². The maximum Gasteiger partial charge on any atom is 0.313 e. The van der Waals surface area contributed by atoms with Crippen molar-refractivity contribution < 1.29 is 9.53 Å². The van der Waals surface area contributed by atoms with Crippen LogP contribution in [-0.2, 0) is 16.0 Å². The Morgan fingerprint density at radius 1 is 1.17 bits per heavy atom. The Hall–Kier alpha value is -2.67. The molecular formula is C23H28N4O2S. The van der Waals surface area contributed by atoms with Crippen molar-refractivity contribution in [3.8, 4) is 0 Å². The summed E-state index contributed by atoms with van der Waals surface area (Å²) in [6, 6.07) is 9.07. The van der Waals surface area contributed by atoms with Gasteiger partial charge in [-0.1, -0.05) is 17.7 Å². The number of esters is 1. The van der Waals surface area contributed by atoms with Crippen molar-refractivity contribution in [3.05, 3.63) is 46.1 Å². The van der Waals surface area contributed by atoms with Crippen molar-refractivity contribution >= 4 is 39.0 Å². The Kier molecular flexibility index (Phi) is 5.64. The van der Waals surface area contributed by atoms with E-state index >= 15 is 0 Å². The van der Waals surface area contributed by atoms with Gasteiger partial charge in [-0.2, -0.15) is 0 Å². The Morgan fingerprint density at radius 2 is 1.90 bits per heavy atom. The molecule has 1 aliphatic rings. The van der Waals surface area contributed by atoms with Crippen LogP contribution >= 0.6 is 11.3 Å². The Bertz CT molecular complexity index is 1080. The minimum Gasteiger partial charge on any atom is -0.469 e. The summed E-state index contributed by atoms with van der Waals surface area (Å²) in [5.41, 5.74) is 3.76. The van der Waals surface area contributed by atoms with Gasteiger partial charge < -0.3 is 14.5 Å². The summed E-state index contributed by atoms with van der Waals surface area (Å²) < 4.78 is 4.83. The molecule has 0 saturated carbocycles. The van der Waals surface area contributed by atoms with E-state index < -0.39 is 0 Å². The van der Waals surface area contributed by atoms with E-state index in [1.54, 1.807) is 11.3 Å². The van der Waals surface area contributed by atoms with Crippen molar-refractivity contribution in [2.45, 2.75) is 40.2 Å². The summed E-state index contributed by atoms with van der Waals surface area (Å²) in [6.45, 7) is 11.3. The summed E-state index contributed by atoms with van der Waals surface area (Å²) in [5.74, 6) is 1.15. The normalized spacial score (nSPS) is 16.9. The molecule has 2 aromatic heterocycles. The molecule has 4 rings (SSSR count). The first-order chi connectivity index (χ1) is 14.4. The van der Waals surface area contributed by atoms with E-state index in [0.29, 0.717) is 11.9 Å². The molecule has 3 aromatic rings. The van der Waals surface area contributed by atoms with Crippen molar-refractivity contribution in [1.82, 2.24) is 9.97 Å². The van der Waals surface area contributed by atoms with E-state index in [-0.39, 0.29) is 12.4 Å². The monoisotopic (exact) mass is 424 g/mol. The van der Waals surface area contributed by atoms with Gasteiger partial charge in [0.15, 0.2) is 0 Å². The van der Waals surface area contributed by atoms with Crippen LogP contribution in [0, 0.1) is 20.8 Å². The predicted octanol–water partition coefficient (Wildman–Crippen LogP) is 4.05. The van der Waals surface area contributed by atoms with Gasteiger partial charge in [0, 0.05) is 36.2 Å². The summed E-state index contributed by atoms with van der Waals surface area (Å²) >= 11 is 1.66. The number of fused-ring (bicyclic) bond motifs is 1. The zero-order chi connectivity index (χ0) is 21.4. The number of benzene rings is 1. The van der Waals surface area contributed by atoms with Gasteiger partial charge in [0.2, 0.25) is 0 Å². The van der Waals surface area contributed by atoms with Crippen molar-refractivity contribution in [2.75, 3.05) is 36.5 Å². The third-order valence-electron chi connectivity index (χ3n) is 5.88. The van der Waals surface area contributed by atoms with Crippen LogP contribution in [0.25, 0.3) is 10.2 Å². The second-order valence-electron chi connectivity index (χ2n) is 8.00. The predicted molar refractivity (Wildman–Crippen MR) is 123 cm³/mol. The molecule has 0 amide bonds. The number of carbonyl (C=O) groups is 1. The number of methoxy groups -OCH3 is 1. The van der Waals surface area contributed by atoms with Crippen LogP contribution in [0.3, 0.4) is 0 Å². The summed E-state index contributed by atoms with van der Waals surface area (Å²) in [7, 11) is 1.40. The first-order valence-electron chi connectivity index (χ1n) is 10.3. The molecule has 0 aliphatic carbocycles. The molecule has 0 N–H and O–H groups in total. The highest BCUT2D eigenvalue weighted by atomic mass is 32.1. The van der Waals surface area contributed by atoms with E-state index in [9.17, 15) is 4.79 Å². The largest absolute Gasteiger partial charge is 0.469 e. The third-order valence-corrected chi connectivity index (χ3v) is 6.98. The highest BCUT2D eigenvalue weighted by Crippen LogP contribution is 2.36. The van der Waals surface area contributed by atoms with Crippen LogP contribution in [0.5, 0.6) is 0 Å². The van der Waals surface area contributed by atoms with Gasteiger partial charge in [-0.3, -0.25) is 4.79 Å². The molecule has 1 saturated heterocycles. The van der Waals surface area contributed by atoms with Gasteiger partial charge >= 0.3 is 5.97 Å². The number of piperazine rings is 1. The van der Waals surface area contributed by atoms with E-state index in [0.717, 1.165) is 35.7 Å². The molecule has 30 heavy (non-hydrogen) atoms. The number of aryl methyl sites for hydroxylation is 3. The van der Waals surface area contributed by atoms with Gasteiger partial charge in [-0.25, -0.2) is 9.97 Å². The molecule has 0 spiro atoms. The topological polar surface area (TPSA) is 58.6 Å². The average molecular weight is 425 g/mol. The summed E-state index contributed by atoms with van der Waals surface area (Å²) in [6.07, 6.45) is 0.0916. The van der Waals surface area contributed by atoms with Crippen LogP contribution in [0.15, 0.2) is 24.3 Å². The molecule has 1 aromatic carbocycles. The number of hydrogen-bond acceptors (Lipinski definition) is 7. The smallest absolute Gasteiger partial charge is 0.313 e. The molecule has 0 bridgehead atoms. The lowest BCUT2D eigenvalue weighted by atomic mass is 10.1.